The van der Waals surface area contributed by atoms with E-state index < -0.39 is 39.0 Å². The number of esters is 1. The number of carbonyl (C=O) groups is 2. The normalized spacial score (nSPS) is 11.1. The SMILES string of the molecule is COc1cccc(CNC(=O)COC(=O)c2ccc(S(=O)(=O)C(F)F)cc2)c1. The number of methoxy groups -OCH3 is 1. The van der Waals surface area contributed by atoms with E-state index in [1.165, 1.54) is 7.11 Å². The monoisotopic (exact) mass is 413 g/mol. The summed E-state index contributed by atoms with van der Waals surface area (Å²) in [5, 5.41) is 2.56. The third kappa shape index (κ3) is 5.49. The standard InChI is InChI=1S/C18H17F2NO6S/c1-26-14-4-2-3-12(9-14)10-21-16(22)11-27-17(23)13-5-7-15(8-6-13)28(24,25)18(19)20/h2-9,18H,10-11H2,1H3,(H,21,22). The van der Waals surface area contributed by atoms with Gasteiger partial charge in [-0.3, -0.25) is 4.79 Å². The van der Waals surface area contributed by atoms with Gasteiger partial charge in [-0.25, -0.2) is 13.2 Å². The smallest absolute Gasteiger partial charge is 0.341 e. The third-order valence-corrected chi connectivity index (χ3v) is 5.01. The van der Waals surface area contributed by atoms with E-state index in [2.05, 4.69) is 5.32 Å². The predicted molar refractivity (Wildman–Crippen MR) is 94.8 cm³/mol. The topological polar surface area (TPSA) is 98.8 Å². The Labute approximate surface area is 160 Å². The van der Waals surface area contributed by atoms with Crippen molar-refractivity contribution in [1.29, 1.82) is 0 Å². The number of rotatable bonds is 8. The Balaban J connectivity index is 1.86. The van der Waals surface area contributed by atoms with Crippen molar-refractivity contribution in [3.63, 3.8) is 0 Å². The first-order chi connectivity index (χ1) is 13.2. The summed E-state index contributed by atoms with van der Waals surface area (Å²) < 4.78 is 57.5. The van der Waals surface area contributed by atoms with Gasteiger partial charge in [0, 0.05) is 6.54 Å². The molecule has 28 heavy (non-hydrogen) atoms. The molecule has 0 heterocycles. The van der Waals surface area contributed by atoms with E-state index in [9.17, 15) is 26.8 Å². The van der Waals surface area contributed by atoms with Gasteiger partial charge in [0.2, 0.25) is 9.84 Å². The predicted octanol–water partition coefficient (Wildman–Crippen LogP) is 2.16. The highest BCUT2D eigenvalue weighted by atomic mass is 32.2. The molecule has 2 rings (SSSR count). The van der Waals surface area contributed by atoms with Crippen molar-refractivity contribution in [2.75, 3.05) is 13.7 Å². The number of ether oxygens (including phenoxy) is 2. The first-order valence-corrected chi connectivity index (χ1v) is 9.47. The maximum atomic E-state index is 12.5. The van der Waals surface area contributed by atoms with Gasteiger partial charge in [-0.05, 0) is 42.0 Å². The minimum atomic E-state index is -4.74. The number of alkyl halides is 2. The second kappa shape index (κ2) is 9.27. The Morgan fingerprint density at radius 1 is 1.11 bits per heavy atom. The zero-order chi connectivity index (χ0) is 20.7. The molecule has 0 saturated carbocycles. The lowest BCUT2D eigenvalue weighted by Crippen LogP contribution is -2.28. The van der Waals surface area contributed by atoms with Crippen LogP contribution in [-0.2, 0) is 25.9 Å². The fraction of sp³-hybridized carbons (Fsp3) is 0.222. The molecule has 0 bridgehead atoms. The molecule has 2 aromatic rings. The zero-order valence-electron chi connectivity index (χ0n) is 14.7. The maximum Gasteiger partial charge on any atom is 0.341 e. The summed E-state index contributed by atoms with van der Waals surface area (Å²) in [6, 6.07) is 10.9. The molecule has 1 amide bonds. The second-order valence-electron chi connectivity index (χ2n) is 5.53. The molecule has 0 aromatic heterocycles. The molecule has 0 spiro atoms. The average Bonchev–Trinajstić information content (AvgIpc) is 2.70. The molecule has 0 radical (unpaired) electrons. The molecular formula is C18H17F2NO6S. The van der Waals surface area contributed by atoms with Gasteiger partial charge >= 0.3 is 11.7 Å². The Morgan fingerprint density at radius 2 is 1.79 bits per heavy atom. The van der Waals surface area contributed by atoms with Crippen LogP contribution in [0.3, 0.4) is 0 Å². The van der Waals surface area contributed by atoms with Crippen molar-refractivity contribution in [3.8, 4) is 5.75 Å². The lowest BCUT2D eigenvalue weighted by molar-refractivity contribution is -0.124. The lowest BCUT2D eigenvalue weighted by atomic mass is 10.2. The van der Waals surface area contributed by atoms with Gasteiger partial charge in [-0.15, -0.1) is 0 Å². The van der Waals surface area contributed by atoms with Crippen molar-refractivity contribution in [2.24, 2.45) is 0 Å². The summed E-state index contributed by atoms with van der Waals surface area (Å²) in [6.45, 7) is -0.354. The molecule has 0 saturated heterocycles. The summed E-state index contributed by atoms with van der Waals surface area (Å²) in [5.74, 6) is -4.36. The molecule has 2 aromatic carbocycles. The quantitative estimate of drug-likeness (QED) is 0.666. The Bertz CT molecular complexity index is 945. The molecule has 0 aliphatic rings. The number of benzene rings is 2. The van der Waals surface area contributed by atoms with Crippen LogP contribution in [0.2, 0.25) is 0 Å². The van der Waals surface area contributed by atoms with E-state index in [0.29, 0.717) is 5.75 Å². The van der Waals surface area contributed by atoms with E-state index >= 15 is 0 Å². The first-order valence-electron chi connectivity index (χ1n) is 7.93. The van der Waals surface area contributed by atoms with Gasteiger partial charge in [0.25, 0.3) is 5.91 Å². The number of sulfone groups is 1. The highest BCUT2D eigenvalue weighted by Gasteiger charge is 2.26. The van der Waals surface area contributed by atoms with Crippen LogP contribution in [0.1, 0.15) is 15.9 Å². The fourth-order valence-electron chi connectivity index (χ4n) is 2.13. The summed E-state index contributed by atoms with van der Waals surface area (Å²) in [6.07, 6.45) is 0. The van der Waals surface area contributed by atoms with Crippen LogP contribution in [0, 0.1) is 0 Å². The summed E-state index contributed by atoms with van der Waals surface area (Å²) in [4.78, 5) is 23.1. The average molecular weight is 413 g/mol. The number of carbonyl (C=O) groups excluding carboxylic acids is 2. The molecule has 0 aliphatic carbocycles. The van der Waals surface area contributed by atoms with Crippen LogP contribution in [0.25, 0.3) is 0 Å². The molecule has 1 N–H and O–H groups in total. The molecular weight excluding hydrogens is 396 g/mol. The summed E-state index contributed by atoms with van der Waals surface area (Å²) >= 11 is 0. The number of hydrogen-bond acceptors (Lipinski definition) is 6. The molecule has 0 unspecified atom stereocenters. The number of hydrogen-bond donors (Lipinski definition) is 1. The molecule has 7 nitrogen and oxygen atoms in total. The molecule has 0 aliphatic heterocycles. The van der Waals surface area contributed by atoms with Gasteiger partial charge in [0.1, 0.15) is 5.75 Å². The van der Waals surface area contributed by atoms with Crippen LogP contribution in [0.5, 0.6) is 5.75 Å². The second-order valence-corrected chi connectivity index (χ2v) is 7.45. The van der Waals surface area contributed by atoms with E-state index in [0.717, 1.165) is 29.8 Å². The number of halogens is 2. The fourth-order valence-corrected chi connectivity index (χ4v) is 2.85. The Hall–Kier alpha value is -3.01. The van der Waals surface area contributed by atoms with Crippen molar-refractivity contribution in [2.45, 2.75) is 17.2 Å². The molecule has 0 fully saturated rings. The Kier molecular flexibility index (Phi) is 7.05. The number of amides is 1. The summed E-state index contributed by atoms with van der Waals surface area (Å²) in [7, 11) is -3.22. The highest BCUT2D eigenvalue weighted by Crippen LogP contribution is 2.19. The largest absolute Gasteiger partial charge is 0.497 e. The minimum Gasteiger partial charge on any atom is -0.497 e. The van der Waals surface area contributed by atoms with Crippen LogP contribution >= 0.6 is 0 Å². The van der Waals surface area contributed by atoms with E-state index in [-0.39, 0.29) is 12.1 Å². The van der Waals surface area contributed by atoms with Crippen molar-refractivity contribution < 1.29 is 36.3 Å². The van der Waals surface area contributed by atoms with Crippen molar-refractivity contribution in [3.05, 3.63) is 59.7 Å². The molecule has 150 valence electrons. The third-order valence-electron chi connectivity index (χ3n) is 3.61. The van der Waals surface area contributed by atoms with E-state index in [1.807, 2.05) is 0 Å². The minimum absolute atomic E-state index is 0.0752. The highest BCUT2D eigenvalue weighted by molar-refractivity contribution is 7.91. The molecule has 10 heteroatoms. The van der Waals surface area contributed by atoms with Crippen molar-refractivity contribution in [1.82, 2.24) is 5.32 Å². The number of nitrogens with one attached hydrogen (secondary N) is 1. The van der Waals surface area contributed by atoms with E-state index in [1.54, 1.807) is 24.3 Å². The van der Waals surface area contributed by atoms with Crippen LogP contribution in [0.15, 0.2) is 53.4 Å². The Morgan fingerprint density at radius 3 is 2.39 bits per heavy atom. The van der Waals surface area contributed by atoms with E-state index in [4.69, 9.17) is 9.47 Å². The van der Waals surface area contributed by atoms with Crippen LogP contribution in [0.4, 0.5) is 8.78 Å². The maximum absolute atomic E-state index is 12.5. The molecule has 0 atom stereocenters. The van der Waals surface area contributed by atoms with Crippen LogP contribution in [-0.4, -0.2) is 39.8 Å². The lowest BCUT2D eigenvalue weighted by Gasteiger charge is -2.08. The zero-order valence-corrected chi connectivity index (χ0v) is 15.5. The van der Waals surface area contributed by atoms with Crippen LogP contribution < -0.4 is 10.1 Å². The van der Waals surface area contributed by atoms with Gasteiger partial charge < -0.3 is 14.8 Å². The van der Waals surface area contributed by atoms with Gasteiger partial charge in [0.05, 0.1) is 17.6 Å². The van der Waals surface area contributed by atoms with Gasteiger partial charge in [-0.1, -0.05) is 12.1 Å². The first kappa shape index (κ1) is 21.3. The van der Waals surface area contributed by atoms with Gasteiger partial charge in [0.15, 0.2) is 6.61 Å². The summed E-state index contributed by atoms with van der Waals surface area (Å²) in [5.41, 5.74) is 0.712. The van der Waals surface area contributed by atoms with Crippen molar-refractivity contribution >= 4 is 21.7 Å². The van der Waals surface area contributed by atoms with Gasteiger partial charge in [-0.2, -0.15) is 8.78 Å².